The van der Waals surface area contributed by atoms with Crippen LogP contribution in [-0.2, 0) is 20.3 Å². The summed E-state index contributed by atoms with van der Waals surface area (Å²) in [5.74, 6) is 2.48. The van der Waals surface area contributed by atoms with Crippen LogP contribution >= 0.6 is 0 Å². The Labute approximate surface area is 109 Å². The molecule has 1 aliphatic heterocycles. The third kappa shape index (κ3) is 2.19. The first kappa shape index (κ1) is 11.8. The number of aliphatic hydroxyl groups is 1. The normalized spacial score (nSPS) is 12.7. The fourth-order valence-electron chi connectivity index (χ4n) is 1.80. The second-order valence-electron chi connectivity index (χ2n) is 4.12. The number of nitrogens with zero attached hydrogens (tertiary/aromatic N) is 3. The Balaban J connectivity index is 1.82. The monoisotopic (exact) mass is 263 g/mol. The van der Waals surface area contributed by atoms with Crippen LogP contribution < -0.4 is 14.2 Å². The van der Waals surface area contributed by atoms with Crippen molar-refractivity contribution < 1.29 is 19.3 Å². The van der Waals surface area contributed by atoms with E-state index in [4.69, 9.17) is 14.2 Å². The molecule has 0 saturated carbocycles. The van der Waals surface area contributed by atoms with Gasteiger partial charge in [-0.15, -0.1) is 10.2 Å². The zero-order chi connectivity index (χ0) is 13.2. The van der Waals surface area contributed by atoms with Gasteiger partial charge in [0.1, 0.15) is 18.7 Å². The Hall–Kier alpha value is -2.28. The first-order chi connectivity index (χ1) is 9.28. The van der Waals surface area contributed by atoms with Crippen LogP contribution in [0.15, 0.2) is 18.5 Å². The summed E-state index contributed by atoms with van der Waals surface area (Å²) < 4.78 is 18.0. The zero-order valence-electron chi connectivity index (χ0n) is 10.4. The van der Waals surface area contributed by atoms with Gasteiger partial charge in [0.05, 0.1) is 6.61 Å². The minimum atomic E-state index is -0.134. The van der Waals surface area contributed by atoms with E-state index in [0.717, 1.165) is 0 Å². The standard InChI is InChI=1S/C12H13N3O4/c1-15-6-13-14-12(15)5-17-9-3-11-10(18-7-19-11)2-8(9)4-16/h2-3,6,16H,4-5,7H2,1H3. The molecule has 100 valence electrons. The van der Waals surface area contributed by atoms with E-state index in [-0.39, 0.29) is 20.0 Å². The molecule has 1 aromatic heterocycles. The topological polar surface area (TPSA) is 78.6 Å². The molecule has 2 aromatic rings. The molecule has 7 heteroatoms. The van der Waals surface area contributed by atoms with Crippen molar-refractivity contribution in [1.29, 1.82) is 0 Å². The summed E-state index contributed by atoms with van der Waals surface area (Å²) in [5, 5.41) is 17.1. The lowest BCUT2D eigenvalue weighted by Crippen LogP contribution is -2.04. The van der Waals surface area contributed by atoms with Crippen molar-refractivity contribution in [2.45, 2.75) is 13.2 Å². The Morgan fingerprint density at radius 1 is 1.37 bits per heavy atom. The molecule has 1 aliphatic rings. The summed E-state index contributed by atoms with van der Waals surface area (Å²) in [6.07, 6.45) is 1.60. The summed E-state index contributed by atoms with van der Waals surface area (Å²) in [5.41, 5.74) is 0.645. The lowest BCUT2D eigenvalue weighted by molar-refractivity contribution is 0.173. The zero-order valence-corrected chi connectivity index (χ0v) is 10.4. The summed E-state index contributed by atoms with van der Waals surface area (Å²) in [4.78, 5) is 0. The van der Waals surface area contributed by atoms with Gasteiger partial charge in [-0.1, -0.05) is 0 Å². The number of hydrogen-bond donors (Lipinski definition) is 1. The van der Waals surface area contributed by atoms with E-state index in [9.17, 15) is 5.11 Å². The maximum atomic E-state index is 9.35. The van der Waals surface area contributed by atoms with Crippen molar-refractivity contribution in [1.82, 2.24) is 14.8 Å². The largest absolute Gasteiger partial charge is 0.485 e. The number of aliphatic hydroxyl groups excluding tert-OH is 1. The van der Waals surface area contributed by atoms with E-state index in [1.165, 1.54) is 0 Å². The van der Waals surface area contributed by atoms with Crippen molar-refractivity contribution in [3.8, 4) is 17.2 Å². The highest BCUT2D eigenvalue weighted by Gasteiger charge is 2.18. The van der Waals surface area contributed by atoms with Gasteiger partial charge in [-0.3, -0.25) is 0 Å². The molecule has 1 aromatic carbocycles. The molecule has 0 spiro atoms. The molecular formula is C12H13N3O4. The maximum Gasteiger partial charge on any atom is 0.231 e. The van der Waals surface area contributed by atoms with Crippen LogP contribution in [0.1, 0.15) is 11.4 Å². The number of fused-ring (bicyclic) bond motifs is 1. The SMILES string of the molecule is Cn1cnnc1COc1cc2c(cc1CO)OCO2. The third-order valence-electron chi connectivity index (χ3n) is 2.89. The minimum absolute atomic E-state index is 0.134. The highest BCUT2D eigenvalue weighted by molar-refractivity contribution is 5.51. The van der Waals surface area contributed by atoms with Crippen molar-refractivity contribution in [2.24, 2.45) is 7.05 Å². The van der Waals surface area contributed by atoms with Crippen LogP contribution in [0.4, 0.5) is 0 Å². The van der Waals surface area contributed by atoms with E-state index < -0.39 is 0 Å². The number of hydrogen-bond acceptors (Lipinski definition) is 6. The second kappa shape index (κ2) is 4.77. The molecular weight excluding hydrogens is 250 g/mol. The van der Waals surface area contributed by atoms with E-state index in [1.807, 2.05) is 7.05 Å². The molecule has 7 nitrogen and oxygen atoms in total. The van der Waals surface area contributed by atoms with Crippen molar-refractivity contribution in [3.05, 3.63) is 29.8 Å². The molecule has 0 amide bonds. The highest BCUT2D eigenvalue weighted by Crippen LogP contribution is 2.38. The van der Waals surface area contributed by atoms with Gasteiger partial charge in [-0.05, 0) is 6.07 Å². The molecule has 0 aliphatic carbocycles. The molecule has 3 rings (SSSR count). The van der Waals surface area contributed by atoms with Crippen molar-refractivity contribution in [2.75, 3.05) is 6.79 Å². The lowest BCUT2D eigenvalue weighted by Gasteiger charge is -2.10. The van der Waals surface area contributed by atoms with E-state index >= 15 is 0 Å². The van der Waals surface area contributed by atoms with Crippen molar-refractivity contribution >= 4 is 0 Å². The quantitative estimate of drug-likeness (QED) is 0.871. The van der Waals surface area contributed by atoms with E-state index in [2.05, 4.69) is 10.2 Å². The van der Waals surface area contributed by atoms with Gasteiger partial charge in [0.25, 0.3) is 0 Å². The Bertz CT molecular complexity index is 597. The van der Waals surface area contributed by atoms with Gasteiger partial charge in [0, 0.05) is 18.7 Å². The second-order valence-corrected chi connectivity index (χ2v) is 4.12. The molecule has 1 N–H and O–H groups in total. The van der Waals surface area contributed by atoms with Crippen LogP contribution in [0.3, 0.4) is 0 Å². The number of aromatic nitrogens is 3. The molecule has 0 bridgehead atoms. The van der Waals surface area contributed by atoms with Crippen LogP contribution in [0.2, 0.25) is 0 Å². The van der Waals surface area contributed by atoms with Crippen LogP contribution in [0, 0.1) is 0 Å². The third-order valence-corrected chi connectivity index (χ3v) is 2.89. The molecule has 0 saturated heterocycles. The van der Waals surface area contributed by atoms with Gasteiger partial charge >= 0.3 is 0 Å². The Morgan fingerprint density at radius 2 is 2.16 bits per heavy atom. The first-order valence-electron chi connectivity index (χ1n) is 5.77. The minimum Gasteiger partial charge on any atom is -0.485 e. The van der Waals surface area contributed by atoms with Gasteiger partial charge in [-0.25, -0.2) is 0 Å². The Morgan fingerprint density at radius 3 is 2.84 bits per heavy atom. The molecule has 0 radical (unpaired) electrons. The van der Waals surface area contributed by atoms with E-state index in [1.54, 1.807) is 23.0 Å². The predicted molar refractivity (Wildman–Crippen MR) is 63.8 cm³/mol. The molecule has 0 fully saturated rings. The molecule has 2 heterocycles. The average Bonchev–Trinajstić information content (AvgIpc) is 3.03. The number of benzene rings is 1. The lowest BCUT2D eigenvalue weighted by atomic mass is 10.2. The maximum absolute atomic E-state index is 9.35. The van der Waals surface area contributed by atoms with E-state index in [0.29, 0.717) is 28.6 Å². The van der Waals surface area contributed by atoms with Gasteiger partial charge in [-0.2, -0.15) is 0 Å². The van der Waals surface area contributed by atoms with Crippen LogP contribution in [-0.4, -0.2) is 26.7 Å². The smallest absolute Gasteiger partial charge is 0.231 e. The summed E-state index contributed by atoms with van der Waals surface area (Å²) in [7, 11) is 1.84. The summed E-state index contributed by atoms with van der Waals surface area (Å²) >= 11 is 0. The van der Waals surface area contributed by atoms with Crippen molar-refractivity contribution in [3.63, 3.8) is 0 Å². The first-order valence-corrected chi connectivity index (χ1v) is 5.77. The van der Waals surface area contributed by atoms with Crippen LogP contribution in [0.25, 0.3) is 0 Å². The number of ether oxygens (including phenoxy) is 3. The molecule has 19 heavy (non-hydrogen) atoms. The van der Waals surface area contributed by atoms with Gasteiger partial charge in [0.2, 0.25) is 6.79 Å². The highest BCUT2D eigenvalue weighted by atomic mass is 16.7. The summed E-state index contributed by atoms with van der Waals surface area (Å²) in [6, 6.07) is 3.43. The number of aryl methyl sites for hydroxylation is 1. The number of rotatable bonds is 4. The summed E-state index contributed by atoms with van der Waals surface area (Å²) in [6.45, 7) is 0.320. The average molecular weight is 263 g/mol. The molecule has 0 unspecified atom stereocenters. The fourth-order valence-corrected chi connectivity index (χ4v) is 1.80. The fraction of sp³-hybridized carbons (Fsp3) is 0.333. The molecule has 0 atom stereocenters. The van der Waals surface area contributed by atoms with Gasteiger partial charge in [0.15, 0.2) is 17.3 Å². The Kier molecular flexibility index (Phi) is 2.96. The van der Waals surface area contributed by atoms with Crippen LogP contribution in [0.5, 0.6) is 17.2 Å². The van der Waals surface area contributed by atoms with Gasteiger partial charge < -0.3 is 23.9 Å². The predicted octanol–water partition coefficient (Wildman–Crippen LogP) is 0.615.